The van der Waals surface area contributed by atoms with Crippen molar-refractivity contribution in [1.82, 2.24) is 5.32 Å². The predicted octanol–water partition coefficient (Wildman–Crippen LogP) is 4.94. The molecule has 29 heavy (non-hydrogen) atoms. The minimum absolute atomic E-state index is 0.103. The zero-order valence-electron chi connectivity index (χ0n) is 17.9. The minimum atomic E-state index is -0.347. The second-order valence-electron chi connectivity index (χ2n) is 8.58. The molecule has 0 saturated carbocycles. The molecule has 0 aliphatic carbocycles. The second-order valence-corrected chi connectivity index (χ2v) is 8.58. The van der Waals surface area contributed by atoms with Crippen molar-refractivity contribution in [2.75, 3.05) is 11.9 Å². The number of benzene rings is 2. The number of nitrogens with one attached hydrogen (secondary N) is 1. The molecule has 2 aromatic carbocycles. The number of rotatable bonds is 4. The van der Waals surface area contributed by atoms with E-state index in [2.05, 4.69) is 56.2 Å². The van der Waals surface area contributed by atoms with Gasteiger partial charge in [0.1, 0.15) is 11.6 Å². The topological polar surface area (TPSA) is 56.1 Å². The van der Waals surface area contributed by atoms with Gasteiger partial charge in [0.2, 0.25) is 0 Å². The van der Waals surface area contributed by atoms with Crippen molar-refractivity contribution in [3.05, 3.63) is 70.3 Å². The number of nitrogens with zero attached hydrogens (tertiary/aromatic N) is 2. The molecule has 0 fully saturated rings. The first-order valence-corrected chi connectivity index (χ1v) is 10.0. The maximum absolute atomic E-state index is 12.5. The van der Waals surface area contributed by atoms with Crippen LogP contribution < -0.4 is 10.2 Å². The number of carbonyl (C=O) groups excluding carboxylic acids is 1. The summed E-state index contributed by atoms with van der Waals surface area (Å²) in [6.45, 7) is 9.21. The predicted molar refractivity (Wildman–Crippen MR) is 119 cm³/mol. The first kappa shape index (κ1) is 20.7. The molecular weight excluding hydrogens is 358 g/mol. The van der Waals surface area contributed by atoms with Gasteiger partial charge in [0.15, 0.2) is 0 Å². The van der Waals surface area contributed by atoms with Gasteiger partial charge in [0, 0.05) is 24.8 Å². The van der Waals surface area contributed by atoms with E-state index >= 15 is 0 Å². The molecule has 0 bridgehead atoms. The molecule has 1 heterocycles. The van der Waals surface area contributed by atoms with E-state index < -0.39 is 0 Å². The summed E-state index contributed by atoms with van der Waals surface area (Å²) in [7, 11) is 2.14. The molecule has 4 nitrogen and oxygen atoms in total. The van der Waals surface area contributed by atoms with Crippen molar-refractivity contribution in [1.29, 1.82) is 5.26 Å². The van der Waals surface area contributed by atoms with Crippen LogP contribution in [-0.2, 0) is 11.3 Å². The third-order valence-electron chi connectivity index (χ3n) is 5.98. The highest BCUT2D eigenvalue weighted by molar-refractivity contribution is 6.01. The summed E-state index contributed by atoms with van der Waals surface area (Å²) < 4.78 is 0. The van der Waals surface area contributed by atoms with E-state index in [1.165, 1.54) is 11.3 Å². The van der Waals surface area contributed by atoms with E-state index in [1.807, 2.05) is 37.3 Å². The van der Waals surface area contributed by atoms with Crippen LogP contribution in [0.15, 0.2) is 48.0 Å². The number of carbonyl (C=O) groups is 1. The smallest absolute Gasteiger partial charge is 0.262 e. The summed E-state index contributed by atoms with van der Waals surface area (Å²) in [5, 5.41) is 12.4. The Morgan fingerprint density at radius 3 is 2.66 bits per heavy atom. The first-order chi connectivity index (χ1) is 13.7. The van der Waals surface area contributed by atoms with E-state index in [1.54, 1.807) is 6.08 Å². The molecule has 2 aromatic rings. The summed E-state index contributed by atoms with van der Waals surface area (Å²) in [6.07, 6.45) is 2.77. The fourth-order valence-electron chi connectivity index (χ4n) is 4.07. The largest absolute Gasteiger partial charge is 0.369 e. The van der Waals surface area contributed by atoms with Crippen molar-refractivity contribution in [2.45, 2.75) is 52.1 Å². The van der Waals surface area contributed by atoms with E-state index in [9.17, 15) is 10.1 Å². The van der Waals surface area contributed by atoms with E-state index in [4.69, 9.17) is 0 Å². The van der Waals surface area contributed by atoms with E-state index in [-0.39, 0.29) is 17.0 Å². The van der Waals surface area contributed by atoms with Gasteiger partial charge in [0.25, 0.3) is 5.91 Å². The Hall–Kier alpha value is -3.06. The van der Waals surface area contributed by atoms with Crippen LogP contribution in [0.2, 0.25) is 0 Å². The van der Waals surface area contributed by atoms with Crippen LogP contribution in [-0.4, -0.2) is 18.5 Å². The van der Waals surface area contributed by atoms with Crippen LogP contribution in [0.5, 0.6) is 0 Å². The molecular formula is C25H29N3O. The van der Waals surface area contributed by atoms with Crippen LogP contribution in [0.25, 0.3) is 6.08 Å². The zero-order valence-corrected chi connectivity index (χ0v) is 17.9. The SMILES string of the molecule is Cc1cc2c(cc1/C=C(\C#N)C(=O)NCc1ccccc1)C(C)CC(C)(C)N2C. The molecule has 4 heteroatoms. The zero-order chi connectivity index (χ0) is 21.2. The summed E-state index contributed by atoms with van der Waals surface area (Å²) in [5.41, 5.74) is 5.72. The van der Waals surface area contributed by atoms with Gasteiger partial charge in [-0.2, -0.15) is 5.26 Å². The molecule has 0 saturated heterocycles. The first-order valence-electron chi connectivity index (χ1n) is 10.0. The standard InChI is InChI=1S/C25H29N3O/c1-17-11-23-22(18(2)14-25(3,4)28(23)5)13-20(17)12-21(15-26)24(29)27-16-19-9-7-6-8-10-19/h6-13,18H,14,16H2,1-5H3,(H,27,29)/b21-12+. The summed E-state index contributed by atoms with van der Waals surface area (Å²) in [6, 6.07) is 16.1. The van der Waals surface area contributed by atoms with Crippen LogP contribution in [0.4, 0.5) is 5.69 Å². The normalized spacial score (nSPS) is 18.0. The monoisotopic (exact) mass is 387 g/mol. The minimum Gasteiger partial charge on any atom is -0.369 e. The lowest BCUT2D eigenvalue weighted by molar-refractivity contribution is -0.117. The second kappa shape index (κ2) is 8.13. The molecule has 1 amide bonds. The molecule has 3 rings (SSSR count). The van der Waals surface area contributed by atoms with Crippen LogP contribution in [0.3, 0.4) is 0 Å². The Kier molecular flexibility index (Phi) is 5.79. The van der Waals surface area contributed by atoms with E-state index in [0.717, 1.165) is 23.1 Å². The van der Waals surface area contributed by atoms with Crippen molar-refractivity contribution in [3.8, 4) is 6.07 Å². The molecule has 0 spiro atoms. The third kappa shape index (κ3) is 4.35. The van der Waals surface area contributed by atoms with Gasteiger partial charge in [-0.3, -0.25) is 4.79 Å². The number of nitriles is 1. The highest BCUT2D eigenvalue weighted by Crippen LogP contribution is 2.43. The Morgan fingerprint density at radius 2 is 2.00 bits per heavy atom. The number of fused-ring (bicyclic) bond motifs is 1. The summed E-state index contributed by atoms with van der Waals surface area (Å²) in [5.74, 6) is 0.0705. The molecule has 150 valence electrons. The van der Waals surface area contributed by atoms with Gasteiger partial charge in [-0.15, -0.1) is 0 Å². The molecule has 0 aromatic heterocycles. The van der Waals surface area contributed by atoms with Gasteiger partial charge in [-0.25, -0.2) is 0 Å². The number of hydrogen-bond donors (Lipinski definition) is 1. The van der Waals surface area contributed by atoms with Crippen molar-refractivity contribution >= 4 is 17.7 Å². The van der Waals surface area contributed by atoms with Gasteiger partial charge >= 0.3 is 0 Å². The Balaban J connectivity index is 1.87. The highest BCUT2D eigenvalue weighted by atomic mass is 16.1. The molecule has 1 aliphatic heterocycles. The van der Waals surface area contributed by atoms with Gasteiger partial charge in [-0.05, 0) is 73.6 Å². The number of amides is 1. The van der Waals surface area contributed by atoms with Gasteiger partial charge in [-0.1, -0.05) is 37.3 Å². The molecule has 1 N–H and O–H groups in total. The molecule has 1 aliphatic rings. The van der Waals surface area contributed by atoms with Crippen molar-refractivity contribution in [3.63, 3.8) is 0 Å². The van der Waals surface area contributed by atoms with Gasteiger partial charge in [0.05, 0.1) is 0 Å². The van der Waals surface area contributed by atoms with Crippen LogP contribution >= 0.6 is 0 Å². The van der Waals surface area contributed by atoms with Crippen molar-refractivity contribution < 1.29 is 4.79 Å². The maximum atomic E-state index is 12.5. The van der Waals surface area contributed by atoms with Crippen molar-refractivity contribution in [2.24, 2.45) is 0 Å². The van der Waals surface area contributed by atoms with Gasteiger partial charge < -0.3 is 10.2 Å². The highest BCUT2D eigenvalue weighted by Gasteiger charge is 2.34. The summed E-state index contributed by atoms with van der Waals surface area (Å²) >= 11 is 0. The number of anilines is 1. The fourth-order valence-corrected chi connectivity index (χ4v) is 4.07. The number of aryl methyl sites for hydroxylation is 1. The number of hydrogen-bond acceptors (Lipinski definition) is 3. The average Bonchev–Trinajstić information content (AvgIpc) is 2.69. The average molecular weight is 388 g/mol. The van der Waals surface area contributed by atoms with Crippen LogP contribution in [0.1, 0.15) is 55.4 Å². The maximum Gasteiger partial charge on any atom is 0.262 e. The quantitative estimate of drug-likeness (QED) is 0.597. The Bertz CT molecular complexity index is 983. The Morgan fingerprint density at radius 1 is 1.31 bits per heavy atom. The molecule has 1 unspecified atom stereocenters. The molecule has 0 radical (unpaired) electrons. The summed E-state index contributed by atoms with van der Waals surface area (Å²) in [4.78, 5) is 14.9. The van der Waals surface area contributed by atoms with E-state index in [0.29, 0.717) is 12.5 Å². The Labute approximate surface area is 173 Å². The lowest BCUT2D eigenvalue weighted by Crippen LogP contribution is -2.45. The lowest BCUT2D eigenvalue weighted by Gasteiger charge is -2.45. The molecule has 1 atom stereocenters. The van der Waals surface area contributed by atoms with Crippen LogP contribution in [0, 0.1) is 18.3 Å². The fraction of sp³-hybridized carbons (Fsp3) is 0.360. The lowest BCUT2D eigenvalue weighted by atomic mass is 9.79. The third-order valence-corrected chi connectivity index (χ3v) is 5.98.